The Labute approximate surface area is 149 Å². The van der Waals surface area contributed by atoms with Gasteiger partial charge in [0.15, 0.2) is 5.58 Å². The fourth-order valence-electron chi connectivity index (χ4n) is 1.86. The summed E-state index contributed by atoms with van der Waals surface area (Å²) < 4.78 is 19.7. The number of hydrogen-bond acceptors (Lipinski definition) is 5. The van der Waals surface area contributed by atoms with E-state index in [0.717, 1.165) is 21.8 Å². The maximum Gasteiger partial charge on any atom is 0.257 e. The van der Waals surface area contributed by atoms with Crippen LogP contribution in [0.5, 0.6) is 0 Å². The van der Waals surface area contributed by atoms with Gasteiger partial charge in [0.05, 0.1) is 12.0 Å². The van der Waals surface area contributed by atoms with Crippen LogP contribution in [0.2, 0.25) is 0 Å². The molecule has 0 bridgehead atoms. The molecule has 3 aromatic rings. The number of carbonyl (C=O) groups is 1. The van der Waals surface area contributed by atoms with E-state index in [2.05, 4.69) is 31.4 Å². The standard InChI is InChI=1S/C16H11BrFN3O2S/c17-11-5-6-12(18)10(7-11)8-19-21-15(22)9-24-16-20-13-3-1-2-4-14(13)23-16/h1-8H,9H2,(H,21,22)/b19-8+. The SMILES string of the molecule is O=C(CSc1nc2ccccc2o1)N/N=C/c1cc(Br)ccc1F. The van der Waals surface area contributed by atoms with Gasteiger partial charge in [0.1, 0.15) is 11.3 Å². The van der Waals surface area contributed by atoms with Crippen molar-refractivity contribution in [1.82, 2.24) is 10.4 Å². The van der Waals surface area contributed by atoms with Crippen LogP contribution in [0.3, 0.4) is 0 Å². The molecule has 0 saturated carbocycles. The molecule has 5 nitrogen and oxygen atoms in total. The Morgan fingerprint density at radius 2 is 2.21 bits per heavy atom. The molecule has 0 spiro atoms. The number of rotatable bonds is 5. The maximum absolute atomic E-state index is 13.5. The van der Waals surface area contributed by atoms with Crippen molar-refractivity contribution in [1.29, 1.82) is 0 Å². The normalized spacial score (nSPS) is 11.2. The van der Waals surface area contributed by atoms with Crippen LogP contribution < -0.4 is 5.43 Å². The number of hydrogen-bond donors (Lipinski definition) is 1. The predicted octanol–water partition coefficient (Wildman–Crippen LogP) is 3.97. The Bertz CT molecular complexity index is 880. The number of amides is 1. The summed E-state index contributed by atoms with van der Waals surface area (Å²) in [6.07, 6.45) is 1.25. The number of carbonyl (C=O) groups excluding carboxylic acids is 1. The lowest BCUT2D eigenvalue weighted by Gasteiger charge is -1.99. The van der Waals surface area contributed by atoms with Gasteiger partial charge in [-0.15, -0.1) is 0 Å². The number of oxazole rings is 1. The zero-order valence-corrected chi connectivity index (χ0v) is 14.6. The maximum atomic E-state index is 13.5. The molecule has 2 aromatic carbocycles. The summed E-state index contributed by atoms with van der Waals surface area (Å²) in [5.41, 5.74) is 4.02. The lowest BCUT2D eigenvalue weighted by atomic mass is 10.2. The van der Waals surface area contributed by atoms with E-state index in [0.29, 0.717) is 10.8 Å². The molecule has 24 heavy (non-hydrogen) atoms. The summed E-state index contributed by atoms with van der Waals surface area (Å²) in [7, 11) is 0. The second kappa shape index (κ2) is 7.59. The lowest BCUT2D eigenvalue weighted by Crippen LogP contribution is -2.19. The highest BCUT2D eigenvalue weighted by atomic mass is 79.9. The molecule has 3 rings (SSSR count). The minimum absolute atomic E-state index is 0.0884. The van der Waals surface area contributed by atoms with Crippen LogP contribution in [0.15, 0.2) is 61.7 Å². The van der Waals surface area contributed by atoms with Crippen molar-refractivity contribution in [2.45, 2.75) is 5.22 Å². The number of aromatic nitrogens is 1. The van der Waals surface area contributed by atoms with Gasteiger partial charge in [0.2, 0.25) is 0 Å². The Hall–Kier alpha value is -2.19. The van der Waals surface area contributed by atoms with Gasteiger partial charge in [0, 0.05) is 10.0 Å². The van der Waals surface area contributed by atoms with Crippen LogP contribution in [0.1, 0.15) is 5.56 Å². The second-order valence-corrected chi connectivity index (χ2v) is 6.54. The molecular formula is C16H11BrFN3O2S. The van der Waals surface area contributed by atoms with E-state index in [1.165, 1.54) is 12.3 Å². The highest BCUT2D eigenvalue weighted by Gasteiger charge is 2.08. The molecule has 0 atom stereocenters. The molecule has 122 valence electrons. The average molecular weight is 408 g/mol. The van der Waals surface area contributed by atoms with Gasteiger partial charge in [-0.3, -0.25) is 4.79 Å². The number of para-hydroxylation sites is 2. The minimum Gasteiger partial charge on any atom is -0.431 e. The minimum atomic E-state index is -0.419. The Balaban J connectivity index is 1.54. The van der Waals surface area contributed by atoms with Crippen LogP contribution in [0.4, 0.5) is 4.39 Å². The molecular weight excluding hydrogens is 397 g/mol. The third-order valence-corrected chi connectivity index (χ3v) is 4.27. The molecule has 0 aliphatic heterocycles. The van der Waals surface area contributed by atoms with Crippen molar-refractivity contribution in [2.75, 3.05) is 5.75 Å². The average Bonchev–Trinajstić information content (AvgIpc) is 2.99. The first kappa shape index (κ1) is 16.7. The van der Waals surface area contributed by atoms with Crippen LogP contribution in [-0.2, 0) is 4.79 Å². The van der Waals surface area contributed by atoms with E-state index in [9.17, 15) is 9.18 Å². The summed E-state index contributed by atoms with van der Waals surface area (Å²) in [5.74, 6) is -0.670. The predicted molar refractivity (Wildman–Crippen MR) is 94.6 cm³/mol. The van der Waals surface area contributed by atoms with Gasteiger partial charge < -0.3 is 4.42 Å². The summed E-state index contributed by atoms with van der Waals surface area (Å²) in [6.45, 7) is 0. The molecule has 1 amide bonds. The van der Waals surface area contributed by atoms with Crippen LogP contribution in [0, 0.1) is 5.82 Å². The zero-order valence-electron chi connectivity index (χ0n) is 12.2. The molecule has 0 aliphatic carbocycles. The third-order valence-electron chi connectivity index (χ3n) is 2.95. The molecule has 1 N–H and O–H groups in total. The highest BCUT2D eigenvalue weighted by molar-refractivity contribution is 9.10. The summed E-state index contributed by atoms with van der Waals surface area (Å²) in [4.78, 5) is 16.0. The summed E-state index contributed by atoms with van der Waals surface area (Å²) >= 11 is 4.41. The van der Waals surface area contributed by atoms with Gasteiger partial charge in [-0.2, -0.15) is 5.10 Å². The Morgan fingerprint density at radius 3 is 3.04 bits per heavy atom. The first-order chi connectivity index (χ1) is 11.6. The fourth-order valence-corrected chi connectivity index (χ4v) is 2.87. The molecule has 0 saturated heterocycles. The van der Waals surface area contributed by atoms with Crippen LogP contribution in [-0.4, -0.2) is 22.9 Å². The van der Waals surface area contributed by atoms with Gasteiger partial charge in [-0.05, 0) is 30.3 Å². The molecule has 1 aromatic heterocycles. The number of fused-ring (bicyclic) bond motifs is 1. The second-order valence-electron chi connectivity index (χ2n) is 4.70. The molecule has 0 aliphatic rings. The van der Waals surface area contributed by atoms with Crippen molar-refractivity contribution in [3.8, 4) is 0 Å². The smallest absolute Gasteiger partial charge is 0.257 e. The van der Waals surface area contributed by atoms with Crippen molar-refractivity contribution >= 4 is 50.9 Å². The monoisotopic (exact) mass is 407 g/mol. The van der Waals surface area contributed by atoms with E-state index in [1.807, 2.05) is 24.3 Å². The fraction of sp³-hybridized carbons (Fsp3) is 0.0625. The number of hydrazone groups is 1. The molecule has 0 fully saturated rings. The third kappa shape index (κ3) is 4.21. The number of thioether (sulfide) groups is 1. The van der Waals surface area contributed by atoms with E-state index in [4.69, 9.17) is 4.42 Å². The van der Waals surface area contributed by atoms with E-state index < -0.39 is 5.82 Å². The van der Waals surface area contributed by atoms with E-state index >= 15 is 0 Å². The van der Waals surface area contributed by atoms with E-state index in [-0.39, 0.29) is 17.2 Å². The number of benzene rings is 2. The first-order valence-corrected chi connectivity index (χ1v) is 8.65. The quantitative estimate of drug-likeness (QED) is 0.394. The van der Waals surface area contributed by atoms with Crippen molar-refractivity contribution in [3.05, 3.63) is 58.3 Å². The number of halogens is 2. The molecule has 0 radical (unpaired) electrons. The molecule has 8 heteroatoms. The molecule has 0 unspecified atom stereocenters. The van der Waals surface area contributed by atoms with Crippen molar-refractivity contribution < 1.29 is 13.6 Å². The van der Waals surface area contributed by atoms with Crippen LogP contribution in [0.25, 0.3) is 11.1 Å². The van der Waals surface area contributed by atoms with Crippen LogP contribution >= 0.6 is 27.7 Å². The van der Waals surface area contributed by atoms with Gasteiger partial charge in [-0.25, -0.2) is 14.8 Å². The Morgan fingerprint density at radius 1 is 1.38 bits per heavy atom. The van der Waals surface area contributed by atoms with E-state index in [1.54, 1.807) is 12.1 Å². The number of nitrogens with one attached hydrogen (secondary N) is 1. The van der Waals surface area contributed by atoms with Crippen molar-refractivity contribution in [2.24, 2.45) is 5.10 Å². The van der Waals surface area contributed by atoms with Gasteiger partial charge in [0.25, 0.3) is 11.1 Å². The first-order valence-electron chi connectivity index (χ1n) is 6.87. The largest absolute Gasteiger partial charge is 0.431 e. The summed E-state index contributed by atoms with van der Waals surface area (Å²) in [6, 6.07) is 11.8. The highest BCUT2D eigenvalue weighted by Crippen LogP contribution is 2.22. The molecule has 1 heterocycles. The number of nitrogens with zero attached hydrogens (tertiary/aromatic N) is 2. The van der Waals surface area contributed by atoms with Gasteiger partial charge >= 0.3 is 0 Å². The zero-order chi connectivity index (χ0) is 16.9. The van der Waals surface area contributed by atoms with Gasteiger partial charge in [-0.1, -0.05) is 39.8 Å². The summed E-state index contributed by atoms with van der Waals surface area (Å²) in [5, 5.41) is 4.16. The Kier molecular flexibility index (Phi) is 5.27. The topological polar surface area (TPSA) is 67.5 Å². The van der Waals surface area contributed by atoms with Crippen molar-refractivity contribution in [3.63, 3.8) is 0 Å². The lowest BCUT2D eigenvalue weighted by molar-refractivity contribution is -0.118.